The van der Waals surface area contributed by atoms with Gasteiger partial charge in [-0.3, -0.25) is 0 Å². The van der Waals surface area contributed by atoms with Crippen molar-refractivity contribution >= 4 is 35.0 Å². The smallest absolute Gasteiger partial charge is 0.165 e. The lowest BCUT2D eigenvalue weighted by molar-refractivity contribution is 0.624. The number of hydrogen-bond donors (Lipinski definition) is 0. The normalized spacial score (nSPS) is 10.4. The van der Waals surface area contributed by atoms with Crippen LogP contribution in [0, 0.1) is 5.82 Å². The first-order chi connectivity index (χ1) is 7.65. The predicted octanol–water partition coefficient (Wildman–Crippen LogP) is 4.07. The molecule has 0 saturated carbocycles. The second kappa shape index (κ2) is 4.99. The lowest BCUT2D eigenvalue weighted by Gasteiger charge is -2.03. The third-order valence-electron chi connectivity index (χ3n) is 1.71. The monoisotopic (exact) mass is 274 g/mol. The molecule has 6 heteroatoms. The Hall–Kier alpha value is -0.840. The van der Waals surface area contributed by atoms with Crippen LogP contribution in [0.3, 0.4) is 0 Å². The van der Waals surface area contributed by atoms with Crippen LogP contribution in [0.15, 0.2) is 40.1 Å². The molecule has 1 aromatic carbocycles. The van der Waals surface area contributed by atoms with E-state index in [0.29, 0.717) is 4.90 Å². The second-order valence-electron chi connectivity index (χ2n) is 2.88. The van der Waals surface area contributed by atoms with E-state index in [2.05, 4.69) is 10.2 Å². The van der Waals surface area contributed by atoms with E-state index in [0.717, 1.165) is 4.90 Å². The molecule has 0 saturated heterocycles. The zero-order valence-corrected chi connectivity index (χ0v) is 10.2. The van der Waals surface area contributed by atoms with Crippen LogP contribution >= 0.6 is 35.0 Å². The zero-order valence-electron chi connectivity index (χ0n) is 7.82. The molecule has 82 valence electrons. The van der Waals surface area contributed by atoms with Crippen LogP contribution in [0.25, 0.3) is 0 Å². The topological polar surface area (TPSA) is 25.8 Å². The maximum atomic E-state index is 12.9. The summed E-state index contributed by atoms with van der Waals surface area (Å²) in [5.41, 5.74) is 0. The number of hydrogen-bond acceptors (Lipinski definition) is 3. The van der Waals surface area contributed by atoms with E-state index in [1.54, 1.807) is 18.2 Å². The van der Waals surface area contributed by atoms with Gasteiger partial charge in [-0.2, -0.15) is 0 Å². The number of benzene rings is 1. The molecule has 0 aliphatic carbocycles. The van der Waals surface area contributed by atoms with Gasteiger partial charge in [0, 0.05) is 4.90 Å². The summed E-state index contributed by atoms with van der Waals surface area (Å²) in [5, 5.41) is 7.76. The molecule has 0 spiro atoms. The van der Waals surface area contributed by atoms with Crippen molar-refractivity contribution in [2.45, 2.75) is 9.79 Å². The molecule has 2 nitrogen and oxygen atoms in total. The van der Waals surface area contributed by atoms with Crippen LogP contribution in [0.4, 0.5) is 4.39 Å². The maximum Gasteiger partial charge on any atom is 0.165 e. The third kappa shape index (κ3) is 2.84. The molecular weight excluding hydrogens is 270 g/mol. The highest BCUT2D eigenvalue weighted by Crippen LogP contribution is 2.33. The number of halogens is 3. The van der Waals surface area contributed by atoms with Gasteiger partial charge in [0.2, 0.25) is 0 Å². The lowest BCUT2D eigenvalue weighted by Crippen LogP contribution is -1.86. The van der Waals surface area contributed by atoms with Gasteiger partial charge in [-0.1, -0.05) is 41.0 Å². The Bertz CT molecular complexity index is 522. The number of aromatic nitrogens is 2. The van der Waals surface area contributed by atoms with Crippen molar-refractivity contribution in [3.05, 3.63) is 46.5 Å². The molecule has 1 aromatic heterocycles. The summed E-state index contributed by atoms with van der Waals surface area (Å²) < 4.78 is 12.9. The molecule has 1 heterocycles. The summed E-state index contributed by atoms with van der Waals surface area (Å²) in [4.78, 5) is 1.37. The summed E-state index contributed by atoms with van der Waals surface area (Å²) in [6.07, 6.45) is 0. The fourth-order valence-electron chi connectivity index (χ4n) is 1.07. The van der Waals surface area contributed by atoms with Gasteiger partial charge in [-0.05, 0) is 24.3 Å². The fourth-order valence-corrected chi connectivity index (χ4v) is 2.35. The molecule has 0 radical (unpaired) electrons. The molecule has 0 N–H and O–H groups in total. The summed E-state index contributed by atoms with van der Waals surface area (Å²) in [7, 11) is 0. The highest BCUT2D eigenvalue weighted by atomic mass is 35.5. The van der Waals surface area contributed by atoms with Crippen molar-refractivity contribution in [1.82, 2.24) is 10.2 Å². The van der Waals surface area contributed by atoms with Gasteiger partial charge in [0.25, 0.3) is 0 Å². The number of rotatable bonds is 2. The van der Waals surface area contributed by atoms with Crippen molar-refractivity contribution in [3.63, 3.8) is 0 Å². The van der Waals surface area contributed by atoms with Crippen LogP contribution in [0.5, 0.6) is 0 Å². The molecule has 0 bridgehead atoms. The van der Waals surface area contributed by atoms with Crippen molar-refractivity contribution in [2.75, 3.05) is 0 Å². The van der Waals surface area contributed by atoms with Gasteiger partial charge >= 0.3 is 0 Å². The van der Waals surface area contributed by atoms with E-state index in [4.69, 9.17) is 23.2 Å². The van der Waals surface area contributed by atoms with E-state index in [1.807, 2.05) is 0 Å². The van der Waals surface area contributed by atoms with Gasteiger partial charge in [-0.25, -0.2) is 4.39 Å². The molecule has 2 aromatic rings. The van der Waals surface area contributed by atoms with Crippen LogP contribution in [-0.4, -0.2) is 10.2 Å². The number of nitrogens with zero attached hydrogens (tertiary/aromatic N) is 2. The van der Waals surface area contributed by atoms with Gasteiger partial charge in [0.05, 0.1) is 4.90 Å². The van der Waals surface area contributed by atoms with Crippen molar-refractivity contribution in [3.8, 4) is 0 Å². The average molecular weight is 275 g/mol. The minimum absolute atomic E-state index is 0.249. The van der Waals surface area contributed by atoms with Crippen LogP contribution in [0.2, 0.25) is 10.3 Å². The Morgan fingerprint density at radius 1 is 1.12 bits per heavy atom. The average Bonchev–Trinajstić information content (AvgIpc) is 2.24. The van der Waals surface area contributed by atoms with Crippen molar-refractivity contribution < 1.29 is 4.39 Å². The highest BCUT2D eigenvalue weighted by molar-refractivity contribution is 7.99. The molecule has 0 aliphatic heterocycles. The molecule has 2 rings (SSSR count). The van der Waals surface area contributed by atoms with Crippen LogP contribution < -0.4 is 0 Å². The molecule has 0 aliphatic rings. The van der Waals surface area contributed by atoms with Gasteiger partial charge in [0.1, 0.15) is 5.82 Å². The van der Waals surface area contributed by atoms with E-state index in [-0.39, 0.29) is 16.1 Å². The first-order valence-corrected chi connectivity index (χ1v) is 5.84. The second-order valence-corrected chi connectivity index (χ2v) is 4.74. The van der Waals surface area contributed by atoms with Crippen molar-refractivity contribution in [2.24, 2.45) is 0 Å². The SMILES string of the molecule is Fc1cccc(Sc2cc(Cl)nnc2Cl)c1. The van der Waals surface area contributed by atoms with Gasteiger partial charge in [-0.15, -0.1) is 10.2 Å². The van der Waals surface area contributed by atoms with E-state index in [1.165, 1.54) is 23.9 Å². The van der Waals surface area contributed by atoms with E-state index >= 15 is 0 Å². The maximum absolute atomic E-state index is 12.9. The minimum Gasteiger partial charge on any atom is -0.207 e. The molecular formula is C10H5Cl2FN2S. The summed E-state index contributed by atoms with van der Waals surface area (Å²) in [5.74, 6) is -0.297. The third-order valence-corrected chi connectivity index (χ3v) is 3.31. The minimum atomic E-state index is -0.297. The Morgan fingerprint density at radius 2 is 1.94 bits per heavy atom. The van der Waals surface area contributed by atoms with Crippen molar-refractivity contribution in [1.29, 1.82) is 0 Å². The lowest BCUT2D eigenvalue weighted by atomic mass is 10.4. The Labute approximate surface area is 106 Å². The largest absolute Gasteiger partial charge is 0.207 e. The fraction of sp³-hybridized carbons (Fsp3) is 0. The molecule has 0 atom stereocenters. The molecule has 0 amide bonds. The van der Waals surface area contributed by atoms with Crippen LogP contribution in [-0.2, 0) is 0 Å². The molecule has 16 heavy (non-hydrogen) atoms. The van der Waals surface area contributed by atoms with Crippen LogP contribution in [0.1, 0.15) is 0 Å². The predicted molar refractivity (Wildman–Crippen MR) is 62.6 cm³/mol. The highest BCUT2D eigenvalue weighted by Gasteiger charge is 2.06. The summed E-state index contributed by atoms with van der Waals surface area (Å²) >= 11 is 12.8. The summed E-state index contributed by atoms with van der Waals surface area (Å²) in [6.45, 7) is 0. The van der Waals surface area contributed by atoms with E-state index < -0.39 is 0 Å². The Kier molecular flexibility index (Phi) is 3.63. The zero-order chi connectivity index (χ0) is 11.5. The van der Waals surface area contributed by atoms with Gasteiger partial charge < -0.3 is 0 Å². The van der Waals surface area contributed by atoms with Gasteiger partial charge in [0.15, 0.2) is 10.3 Å². The first kappa shape index (κ1) is 11.6. The van der Waals surface area contributed by atoms with E-state index in [9.17, 15) is 4.39 Å². The standard InChI is InChI=1S/C10H5Cl2FN2S/c11-9-5-8(10(12)15-14-9)16-7-3-1-2-6(13)4-7/h1-5H. The molecule has 0 unspecified atom stereocenters. The first-order valence-electron chi connectivity index (χ1n) is 4.27. The quantitative estimate of drug-likeness (QED) is 0.826. The Morgan fingerprint density at radius 3 is 2.69 bits per heavy atom. The Balaban J connectivity index is 2.30. The summed E-state index contributed by atoms with van der Waals surface area (Å²) in [6, 6.07) is 7.78. The molecule has 0 fully saturated rings.